The Bertz CT molecular complexity index is 477. The third-order valence-corrected chi connectivity index (χ3v) is 2.21. The topological polar surface area (TPSA) is 80.4 Å². The van der Waals surface area contributed by atoms with Crippen LogP contribution in [0.15, 0.2) is 24.4 Å². The van der Waals surface area contributed by atoms with Gasteiger partial charge in [0.05, 0.1) is 10.5 Å². The van der Waals surface area contributed by atoms with Crippen molar-refractivity contribution < 1.29 is 14.8 Å². The van der Waals surface area contributed by atoms with Gasteiger partial charge < -0.3 is 5.11 Å². The molecule has 16 heavy (non-hydrogen) atoms. The van der Waals surface area contributed by atoms with Gasteiger partial charge >= 0.3 is 5.97 Å². The Kier molecular flexibility index (Phi) is 3.40. The molecule has 0 radical (unpaired) electrons. The predicted octanol–water partition coefficient (Wildman–Crippen LogP) is 2.33. The van der Waals surface area contributed by atoms with Crippen molar-refractivity contribution in [2.24, 2.45) is 0 Å². The van der Waals surface area contributed by atoms with Crippen molar-refractivity contribution in [1.82, 2.24) is 0 Å². The quantitative estimate of drug-likeness (QED) is 0.627. The molecule has 0 saturated heterocycles. The number of hydrogen-bond acceptors (Lipinski definition) is 3. The van der Waals surface area contributed by atoms with Crippen LogP contribution in [-0.2, 0) is 0 Å². The third kappa shape index (κ3) is 2.66. The Morgan fingerprint density at radius 3 is 2.56 bits per heavy atom. The fraction of sp³-hybridized carbons (Fsp3) is 0.182. The van der Waals surface area contributed by atoms with E-state index in [0.717, 1.165) is 6.20 Å². The number of hydrogen-bond donors (Lipinski definition) is 1. The van der Waals surface area contributed by atoms with Crippen LogP contribution in [0, 0.1) is 17.0 Å². The van der Waals surface area contributed by atoms with Gasteiger partial charge in [0.25, 0.3) is 0 Å². The molecule has 5 nitrogen and oxygen atoms in total. The van der Waals surface area contributed by atoms with Gasteiger partial charge in [-0.05, 0) is 31.0 Å². The van der Waals surface area contributed by atoms with Crippen LogP contribution in [0.1, 0.15) is 28.4 Å². The van der Waals surface area contributed by atoms with Gasteiger partial charge in [-0.3, -0.25) is 10.1 Å². The summed E-state index contributed by atoms with van der Waals surface area (Å²) >= 11 is 0. The summed E-state index contributed by atoms with van der Waals surface area (Å²) < 4.78 is 0. The highest BCUT2D eigenvalue weighted by molar-refractivity contribution is 5.89. The van der Waals surface area contributed by atoms with E-state index in [9.17, 15) is 14.9 Å². The number of aromatic carboxylic acids is 1. The van der Waals surface area contributed by atoms with Gasteiger partial charge in [0.2, 0.25) is 6.20 Å². The summed E-state index contributed by atoms with van der Waals surface area (Å²) in [7, 11) is 0. The Balaban J connectivity index is 3.16. The maximum atomic E-state index is 10.8. The first-order valence-corrected chi connectivity index (χ1v) is 4.58. The molecular formula is C11H11NO4. The highest BCUT2D eigenvalue weighted by Crippen LogP contribution is 2.18. The molecule has 0 aliphatic heterocycles. The molecule has 0 bridgehead atoms. The third-order valence-electron chi connectivity index (χ3n) is 2.21. The molecule has 0 aliphatic carbocycles. The van der Waals surface area contributed by atoms with E-state index in [4.69, 9.17) is 5.11 Å². The van der Waals surface area contributed by atoms with E-state index in [2.05, 4.69) is 0 Å². The highest BCUT2D eigenvalue weighted by atomic mass is 16.6. The number of allylic oxidation sites excluding steroid dienone is 1. The lowest BCUT2D eigenvalue weighted by Gasteiger charge is -2.04. The van der Waals surface area contributed by atoms with E-state index >= 15 is 0 Å². The first kappa shape index (κ1) is 11.9. The van der Waals surface area contributed by atoms with Crippen molar-refractivity contribution in [2.45, 2.75) is 13.8 Å². The minimum absolute atomic E-state index is 0.206. The van der Waals surface area contributed by atoms with Crippen LogP contribution in [0.25, 0.3) is 5.57 Å². The van der Waals surface area contributed by atoms with Gasteiger partial charge in [-0.25, -0.2) is 4.79 Å². The van der Waals surface area contributed by atoms with Crippen LogP contribution in [0.3, 0.4) is 0 Å². The monoisotopic (exact) mass is 221 g/mol. The number of carbonyl (C=O) groups is 1. The highest BCUT2D eigenvalue weighted by Gasteiger charge is 2.08. The smallest absolute Gasteiger partial charge is 0.335 e. The maximum absolute atomic E-state index is 10.8. The number of nitrogens with zero attached hydrogens (tertiary/aromatic N) is 1. The number of aryl methyl sites for hydroxylation is 1. The van der Waals surface area contributed by atoms with Crippen molar-refractivity contribution in [1.29, 1.82) is 0 Å². The standard InChI is InChI=1S/C11H11NO4/c1-7-5-9(8(2)6-12(15)16)3-4-10(7)11(13)14/h3-6H,1-2H3,(H,13,14)/b8-6+. The SMILES string of the molecule is C/C(=C\[N+](=O)[O-])c1ccc(C(=O)O)c(C)c1. The number of rotatable bonds is 3. The second-order valence-corrected chi connectivity index (χ2v) is 3.43. The number of carboxylic acid groups (broad SMARTS) is 1. The largest absolute Gasteiger partial charge is 0.478 e. The molecule has 0 amide bonds. The van der Waals surface area contributed by atoms with Gasteiger partial charge in [-0.15, -0.1) is 0 Å². The summed E-state index contributed by atoms with van der Waals surface area (Å²) in [6.07, 6.45) is 0.898. The maximum Gasteiger partial charge on any atom is 0.335 e. The van der Waals surface area contributed by atoms with Gasteiger partial charge in [-0.2, -0.15) is 0 Å². The average Bonchev–Trinajstić information content (AvgIpc) is 2.15. The van der Waals surface area contributed by atoms with Crippen LogP contribution < -0.4 is 0 Å². The summed E-state index contributed by atoms with van der Waals surface area (Å²) in [4.78, 5) is 20.5. The van der Waals surface area contributed by atoms with Crippen LogP contribution in [-0.4, -0.2) is 16.0 Å². The van der Waals surface area contributed by atoms with Crippen molar-refractivity contribution in [2.75, 3.05) is 0 Å². The van der Waals surface area contributed by atoms with Gasteiger partial charge in [0, 0.05) is 5.57 Å². The Labute approximate surface area is 92.2 Å². The molecule has 5 heteroatoms. The van der Waals surface area contributed by atoms with Crippen LogP contribution >= 0.6 is 0 Å². The molecule has 1 aromatic rings. The van der Waals surface area contributed by atoms with E-state index in [0.29, 0.717) is 16.7 Å². The minimum Gasteiger partial charge on any atom is -0.478 e. The first-order chi connectivity index (χ1) is 7.41. The van der Waals surface area contributed by atoms with Crippen molar-refractivity contribution in [3.63, 3.8) is 0 Å². The number of benzene rings is 1. The first-order valence-electron chi connectivity index (χ1n) is 4.58. The molecule has 84 valence electrons. The zero-order valence-corrected chi connectivity index (χ0v) is 8.93. The Morgan fingerprint density at radius 1 is 1.50 bits per heavy atom. The van der Waals surface area contributed by atoms with E-state index in [1.54, 1.807) is 26.0 Å². The fourth-order valence-electron chi connectivity index (χ4n) is 1.38. The summed E-state index contributed by atoms with van der Waals surface area (Å²) in [6, 6.07) is 4.63. The molecule has 0 saturated carbocycles. The molecule has 0 atom stereocenters. The van der Waals surface area contributed by atoms with E-state index in [1.165, 1.54) is 6.07 Å². The van der Waals surface area contributed by atoms with Gasteiger partial charge in [0.15, 0.2) is 0 Å². The Morgan fingerprint density at radius 2 is 2.12 bits per heavy atom. The zero-order valence-electron chi connectivity index (χ0n) is 8.93. The molecule has 0 heterocycles. The van der Waals surface area contributed by atoms with Crippen molar-refractivity contribution in [3.05, 3.63) is 51.2 Å². The summed E-state index contributed by atoms with van der Waals surface area (Å²) in [5, 5.41) is 19.1. The second-order valence-electron chi connectivity index (χ2n) is 3.43. The molecule has 1 N–H and O–H groups in total. The Hall–Kier alpha value is -2.17. The molecule has 0 fully saturated rings. The normalized spacial score (nSPS) is 11.2. The molecule has 0 aromatic heterocycles. The average molecular weight is 221 g/mol. The number of nitro groups is 1. The van der Waals surface area contributed by atoms with E-state index < -0.39 is 10.9 Å². The summed E-state index contributed by atoms with van der Waals surface area (Å²) in [6.45, 7) is 3.27. The van der Waals surface area contributed by atoms with Gasteiger partial charge in [0.1, 0.15) is 0 Å². The minimum atomic E-state index is -1.00. The van der Waals surface area contributed by atoms with Crippen LogP contribution in [0.2, 0.25) is 0 Å². The molecule has 1 rings (SSSR count). The molecule has 0 unspecified atom stereocenters. The summed E-state index contributed by atoms with van der Waals surface area (Å²) in [5.41, 5.74) is 1.93. The zero-order chi connectivity index (χ0) is 12.3. The van der Waals surface area contributed by atoms with Crippen molar-refractivity contribution >= 4 is 11.5 Å². The molecular weight excluding hydrogens is 210 g/mol. The molecule has 0 aliphatic rings. The van der Waals surface area contributed by atoms with E-state index in [1.807, 2.05) is 0 Å². The second kappa shape index (κ2) is 4.57. The van der Waals surface area contributed by atoms with E-state index in [-0.39, 0.29) is 5.56 Å². The van der Waals surface area contributed by atoms with Crippen LogP contribution in [0.4, 0.5) is 0 Å². The lowest BCUT2D eigenvalue weighted by Crippen LogP contribution is -2.00. The fourth-order valence-corrected chi connectivity index (χ4v) is 1.38. The number of carboxylic acids is 1. The molecule has 0 spiro atoms. The predicted molar refractivity (Wildman–Crippen MR) is 58.8 cm³/mol. The summed E-state index contributed by atoms with van der Waals surface area (Å²) in [5.74, 6) is -1.00. The lowest BCUT2D eigenvalue weighted by atomic mass is 10.0. The van der Waals surface area contributed by atoms with Crippen LogP contribution in [0.5, 0.6) is 0 Å². The van der Waals surface area contributed by atoms with Gasteiger partial charge in [-0.1, -0.05) is 12.1 Å². The van der Waals surface area contributed by atoms with Crippen molar-refractivity contribution in [3.8, 4) is 0 Å². The lowest BCUT2D eigenvalue weighted by molar-refractivity contribution is -0.401. The molecule has 1 aromatic carbocycles.